The summed E-state index contributed by atoms with van der Waals surface area (Å²) in [6, 6.07) is 24.8. The molecule has 0 radical (unpaired) electrons. The first kappa shape index (κ1) is 23.4. The third-order valence-electron chi connectivity index (χ3n) is 6.16. The molecule has 0 saturated carbocycles. The lowest BCUT2D eigenvalue weighted by Gasteiger charge is -2.13. The average molecular weight is 506 g/mol. The summed E-state index contributed by atoms with van der Waals surface area (Å²) >= 11 is 0. The van der Waals surface area contributed by atoms with Gasteiger partial charge in [0.1, 0.15) is 12.4 Å². The highest BCUT2D eigenvalue weighted by Gasteiger charge is 2.10. The average Bonchev–Trinajstić information content (AvgIpc) is 3.58. The Morgan fingerprint density at radius 1 is 0.763 bits per heavy atom. The van der Waals surface area contributed by atoms with Crippen molar-refractivity contribution in [3.8, 4) is 28.5 Å². The summed E-state index contributed by atoms with van der Waals surface area (Å²) in [5, 5.41) is 8.85. The van der Waals surface area contributed by atoms with Gasteiger partial charge in [-0.3, -0.25) is 4.79 Å². The zero-order valence-electron chi connectivity index (χ0n) is 20.8. The number of benzene rings is 3. The Morgan fingerprint density at radius 2 is 1.50 bits per heavy atom. The van der Waals surface area contributed by atoms with Crippen molar-refractivity contribution in [3.05, 3.63) is 112 Å². The van der Waals surface area contributed by atoms with E-state index < -0.39 is 0 Å². The highest BCUT2D eigenvalue weighted by molar-refractivity contribution is 5.80. The number of pyridine rings is 1. The molecule has 3 aromatic heterocycles. The molecule has 38 heavy (non-hydrogen) atoms. The van der Waals surface area contributed by atoms with Gasteiger partial charge in [-0.25, -0.2) is 0 Å². The number of ether oxygens (including phenoxy) is 1. The topological polar surface area (TPSA) is 109 Å². The van der Waals surface area contributed by atoms with Crippen LogP contribution in [0.15, 0.2) is 92.7 Å². The van der Waals surface area contributed by atoms with Gasteiger partial charge in [-0.15, -0.1) is 0 Å². The van der Waals surface area contributed by atoms with E-state index in [0.29, 0.717) is 42.3 Å². The van der Waals surface area contributed by atoms with E-state index in [9.17, 15) is 4.79 Å². The van der Waals surface area contributed by atoms with E-state index >= 15 is 0 Å². The predicted molar refractivity (Wildman–Crippen MR) is 141 cm³/mol. The van der Waals surface area contributed by atoms with Crippen molar-refractivity contribution in [2.75, 3.05) is 0 Å². The summed E-state index contributed by atoms with van der Waals surface area (Å²) in [6.45, 7) is 4.33. The van der Waals surface area contributed by atoms with E-state index in [-0.39, 0.29) is 5.56 Å². The predicted octanol–water partition coefficient (Wildman–Crippen LogP) is 5.35. The van der Waals surface area contributed by atoms with Crippen LogP contribution in [-0.2, 0) is 13.2 Å². The fraction of sp³-hybridized carbons (Fsp3) is 0.138. The fourth-order valence-corrected chi connectivity index (χ4v) is 4.28. The summed E-state index contributed by atoms with van der Waals surface area (Å²) in [6.07, 6.45) is 0. The van der Waals surface area contributed by atoms with Gasteiger partial charge in [0.15, 0.2) is 0 Å². The standard InChI is InChI=1S/C29H23N5O4/c1-18-30-28(32-37-18)22-8-6-20(7-9-22)16-34-26-12-11-25(15-23(26)10-13-27(34)35)36-17-21-4-3-5-24(14-21)29-31-19(2)38-33-29/h3-15H,16-17H2,1-2H3. The third kappa shape index (κ3) is 4.81. The quantitative estimate of drug-likeness (QED) is 0.286. The van der Waals surface area contributed by atoms with Gasteiger partial charge in [-0.1, -0.05) is 52.8 Å². The van der Waals surface area contributed by atoms with Crippen molar-refractivity contribution in [1.29, 1.82) is 0 Å². The molecule has 0 amide bonds. The molecule has 0 N–H and O–H groups in total. The summed E-state index contributed by atoms with van der Waals surface area (Å²) < 4.78 is 18.0. The molecule has 0 saturated heterocycles. The molecule has 0 spiro atoms. The number of aryl methyl sites for hydroxylation is 2. The Balaban J connectivity index is 1.20. The number of nitrogens with zero attached hydrogens (tertiary/aromatic N) is 5. The Bertz CT molecular complexity index is 1800. The van der Waals surface area contributed by atoms with E-state index in [4.69, 9.17) is 13.8 Å². The molecule has 9 nitrogen and oxygen atoms in total. The second-order valence-electron chi connectivity index (χ2n) is 8.94. The molecule has 0 aliphatic rings. The fourth-order valence-electron chi connectivity index (χ4n) is 4.28. The Hall–Kier alpha value is -5.05. The van der Waals surface area contributed by atoms with Crippen molar-refractivity contribution in [2.45, 2.75) is 27.0 Å². The number of hydrogen-bond donors (Lipinski definition) is 0. The molecule has 0 atom stereocenters. The van der Waals surface area contributed by atoms with Crippen molar-refractivity contribution in [1.82, 2.24) is 24.8 Å². The molecular weight excluding hydrogens is 482 g/mol. The lowest BCUT2D eigenvalue weighted by atomic mass is 10.1. The first-order chi connectivity index (χ1) is 18.5. The smallest absolute Gasteiger partial charge is 0.251 e. The maximum atomic E-state index is 12.8. The van der Waals surface area contributed by atoms with Crippen LogP contribution in [0.1, 0.15) is 22.9 Å². The maximum Gasteiger partial charge on any atom is 0.251 e. The van der Waals surface area contributed by atoms with E-state index in [1.54, 1.807) is 24.5 Å². The maximum absolute atomic E-state index is 12.8. The number of hydrogen-bond acceptors (Lipinski definition) is 8. The molecule has 188 valence electrons. The van der Waals surface area contributed by atoms with Gasteiger partial charge in [-0.05, 0) is 41.5 Å². The van der Waals surface area contributed by atoms with Crippen LogP contribution >= 0.6 is 0 Å². The zero-order valence-corrected chi connectivity index (χ0v) is 20.8. The Morgan fingerprint density at radius 3 is 2.21 bits per heavy atom. The molecule has 0 bridgehead atoms. The van der Waals surface area contributed by atoms with Crippen LogP contribution in [0.2, 0.25) is 0 Å². The van der Waals surface area contributed by atoms with Crippen LogP contribution in [0.5, 0.6) is 5.75 Å². The highest BCUT2D eigenvalue weighted by Crippen LogP contribution is 2.23. The minimum atomic E-state index is -0.0717. The first-order valence-electron chi connectivity index (χ1n) is 12.1. The normalized spacial score (nSPS) is 11.2. The zero-order chi connectivity index (χ0) is 26.1. The van der Waals surface area contributed by atoms with E-state index in [1.807, 2.05) is 72.8 Å². The van der Waals surface area contributed by atoms with Gasteiger partial charge in [0, 0.05) is 36.4 Å². The molecule has 6 rings (SSSR count). The lowest BCUT2D eigenvalue weighted by Crippen LogP contribution is -2.19. The van der Waals surface area contributed by atoms with Gasteiger partial charge >= 0.3 is 0 Å². The molecule has 0 aliphatic carbocycles. The van der Waals surface area contributed by atoms with Crippen molar-refractivity contribution < 1.29 is 13.8 Å². The van der Waals surface area contributed by atoms with Crippen LogP contribution in [0.4, 0.5) is 0 Å². The van der Waals surface area contributed by atoms with Crippen molar-refractivity contribution in [2.24, 2.45) is 0 Å². The SMILES string of the molecule is Cc1nc(-c2ccc(Cn3c(=O)ccc4cc(OCc5cccc(-c6noc(C)n6)c5)ccc43)cc2)no1. The minimum absolute atomic E-state index is 0.0717. The second kappa shape index (κ2) is 9.78. The Labute approximate surface area is 217 Å². The molecule has 0 unspecified atom stereocenters. The van der Waals surface area contributed by atoms with Crippen LogP contribution in [0.25, 0.3) is 33.7 Å². The third-order valence-corrected chi connectivity index (χ3v) is 6.16. The van der Waals surface area contributed by atoms with Gasteiger partial charge in [0.2, 0.25) is 23.4 Å². The highest BCUT2D eigenvalue weighted by atomic mass is 16.5. The van der Waals surface area contributed by atoms with Gasteiger partial charge in [0.25, 0.3) is 5.56 Å². The van der Waals surface area contributed by atoms with Crippen LogP contribution in [0, 0.1) is 13.8 Å². The lowest BCUT2D eigenvalue weighted by molar-refractivity contribution is 0.306. The number of fused-ring (bicyclic) bond motifs is 1. The number of aromatic nitrogens is 5. The van der Waals surface area contributed by atoms with Crippen molar-refractivity contribution in [3.63, 3.8) is 0 Å². The molecule has 3 heterocycles. The van der Waals surface area contributed by atoms with Crippen LogP contribution < -0.4 is 10.3 Å². The number of rotatable bonds is 7. The molecule has 0 fully saturated rings. The van der Waals surface area contributed by atoms with Gasteiger partial charge in [-0.2, -0.15) is 9.97 Å². The molecular formula is C29H23N5O4. The van der Waals surface area contributed by atoms with Gasteiger partial charge in [0.05, 0.1) is 12.1 Å². The molecule has 6 aromatic rings. The van der Waals surface area contributed by atoms with E-state index in [0.717, 1.165) is 33.2 Å². The van der Waals surface area contributed by atoms with Gasteiger partial charge < -0.3 is 18.4 Å². The monoisotopic (exact) mass is 505 g/mol. The largest absolute Gasteiger partial charge is 0.489 e. The first-order valence-corrected chi connectivity index (χ1v) is 12.1. The summed E-state index contributed by atoms with van der Waals surface area (Å²) in [5.74, 6) is 2.84. The minimum Gasteiger partial charge on any atom is -0.489 e. The summed E-state index contributed by atoms with van der Waals surface area (Å²) in [4.78, 5) is 21.3. The van der Waals surface area contributed by atoms with E-state index in [1.165, 1.54) is 0 Å². The van der Waals surface area contributed by atoms with E-state index in [2.05, 4.69) is 20.3 Å². The summed E-state index contributed by atoms with van der Waals surface area (Å²) in [5.41, 5.74) is 4.45. The van der Waals surface area contributed by atoms with Crippen LogP contribution in [-0.4, -0.2) is 24.8 Å². The summed E-state index contributed by atoms with van der Waals surface area (Å²) in [7, 11) is 0. The van der Waals surface area contributed by atoms with Crippen LogP contribution in [0.3, 0.4) is 0 Å². The molecule has 0 aliphatic heterocycles. The van der Waals surface area contributed by atoms with Crippen molar-refractivity contribution >= 4 is 10.9 Å². The molecule has 3 aromatic carbocycles. The second-order valence-corrected chi connectivity index (χ2v) is 8.94. The Kier molecular flexibility index (Phi) is 6.01. The molecule has 9 heteroatoms.